The van der Waals surface area contributed by atoms with Gasteiger partial charge in [-0.05, 0) is 24.6 Å². The predicted octanol–water partition coefficient (Wildman–Crippen LogP) is 2.59. The molecule has 4 rings (SSSR count). The van der Waals surface area contributed by atoms with Crippen LogP contribution in [-0.4, -0.2) is 51.8 Å². The molecule has 7 nitrogen and oxygen atoms in total. The summed E-state index contributed by atoms with van der Waals surface area (Å²) in [7, 11) is 1.99. The van der Waals surface area contributed by atoms with E-state index in [1.807, 2.05) is 24.6 Å². The summed E-state index contributed by atoms with van der Waals surface area (Å²) >= 11 is 0. The average molecular weight is 404 g/mol. The smallest absolute Gasteiger partial charge is 0.194 e. The van der Waals surface area contributed by atoms with Crippen LogP contribution in [0.5, 0.6) is 0 Å². The van der Waals surface area contributed by atoms with E-state index in [9.17, 15) is 0 Å². The zero-order valence-electron chi connectivity index (χ0n) is 17.7. The first-order chi connectivity index (χ1) is 14.7. The van der Waals surface area contributed by atoms with Gasteiger partial charge in [0.2, 0.25) is 0 Å². The lowest BCUT2D eigenvalue weighted by molar-refractivity contribution is 0.370. The van der Waals surface area contributed by atoms with E-state index in [-0.39, 0.29) is 0 Å². The molecule has 2 aromatic carbocycles. The Morgan fingerprint density at radius 2 is 1.60 bits per heavy atom. The number of aliphatic imine (C=N–C) groups is 1. The third-order valence-corrected chi connectivity index (χ3v) is 5.54. The van der Waals surface area contributed by atoms with E-state index in [1.165, 1.54) is 11.3 Å². The van der Waals surface area contributed by atoms with Gasteiger partial charge in [0.1, 0.15) is 5.82 Å². The molecule has 0 radical (unpaired) electrons. The molecule has 0 amide bonds. The maximum absolute atomic E-state index is 4.92. The molecule has 0 atom stereocenters. The van der Waals surface area contributed by atoms with Crippen LogP contribution in [0.3, 0.4) is 0 Å². The van der Waals surface area contributed by atoms with Crippen molar-refractivity contribution >= 4 is 11.6 Å². The minimum absolute atomic E-state index is 0.601. The van der Waals surface area contributed by atoms with E-state index in [1.54, 1.807) is 0 Å². The molecule has 0 aliphatic carbocycles. The normalized spacial score (nSPS) is 14.8. The van der Waals surface area contributed by atoms with Crippen molar-refractivity contribution in [3.8, 4) is 0 Å². The fourth-order valence-electron chi connectivity index (χ4n) is 3.60. The van der Waals surface area contributed by atoms with Gasteiger partial charge in [-0.3, -0.25) is 0 Å². The number of nitrogens with zero attached hydrogens (tertiary/aromatic N) is 6. The molecule has 1 aliphatic heterocycles. The van der Waals surface area contributed by atoms with Gasteiger partial charge < -0.3 is 19.7 Å². The summed E-state index contributed by atoms with van der Waals surface area (Å²) in [6.45, 7) is 7.01. The average Bonchev–Trinajstić information content (AvgIpc) is 3.13. The second-order valence-electron chi connectivity index (χ2n) is 7.51. The first kappa shape index (κ1) is 19.9. The number of rotatable bonds is 5. The number of benzene rings is 2. The molecule has 1 aliphatic rings. The van der Waals surface area contributed by atoms with Crippen molar-refractivity contribution < 1.29 is 0 Å². The lowest BCUT2D eigenvalue weighted by Gasteiger charge is -2.37. The van der Waals surface area contributed by atoms with Gasteiger partial charge in [-0.1, -0.05) is 48.5 Å². The van der Waals surface area contributed by atoms with Crippen LogP contribution in [0.1, 0.15) is 17.2 Å². The third kappa shape index (κ3) is 4.79. The first-order valence-corrected chi connectivity index (χ1v) is 10.4. The Labute approximate surface area is 178 Å². The first-order valence-electron chi connectivity index (χ1n) is 10.4. The van der Waals surface area contributed by atoms with Gasteiger partial charge in [0.15, 0.2) is 11.8 Å². The molecule has 0 bridgehead atoms. The minimum Gasteiger partial charge on any atom is -0.368 e. The van der Waals surface area contributed by atoms with Crippen LogP contribution in [0.15, 0.2) is 65.7 Å². The van der Waals surface area contributed by atoms with E-state index >= 15 is 0 Å². The van der Waals surface area contributed by atoms with E-state index < -0.39 is 0 Å². The number of nitrogens with one attached hydrogen (secondary N) is 1. The highest BCUT2D eigenvalue weighted by molar-refractivity contribution is 5.80. The molecular weight excluding hydrogens is 374 g/mol. The summed E-state index contributed by atoms with van der Waals surface area (Å²) in [6, 6.07) is 21.0. The van der Waals surface area contributed by atoms with Crippen molar-refractivity contribution in [3.63, 3.8) is 0 Å². The van der Waals surface area contributed by atoms with Gasteiger partial charge in [0, 0.05) is 38.9 Å². The van der Waals surface area contributed by atoms with Crippen LogP contribution >= 0.6 is 0 Å². The Morgan fingerprint density at radius 3 is 2.23 bits per heavy atom. The number of guanidine groups is 1. The van der Waals surface area contributed by atoms with Crippen molar-refractivity contribution in [1.29, 1.82) is 0 Å². The number of aryl methyl sites for hydroxylation is 1. The molecule has 2 heterocycles. The largest absolute Gasteiger partial charge is 0.368 e. The molecule has 1 N–H and O–H groups in total. The molecule has 1 fully saturated rings. The van der Waals surface area contributed by atoms with Crippen LogP contribution in [0.2, 0.25) is 0 Å². The number of hydrogen-bond donors (Lipinski definition) is 1. The standard InChI is InChI=1S/C23H29N7/c1-19-26-27-22(28(19)2)18-25-23(24-17-20-9-5-3-6-10-20)30-15-13-29(14-16-30)21-11-7-4-8-12-21/h3-12H,13-18H2,1-2H3,(H,24,25). The SMILES string of the molecule is Cc1nnc(CNC(=NCc2ccccc2)N2CCN(c3ccccc3)CC2)n1C. The third-order valence-electron chi connectivity index (χ3n) is 5.54. The summed E-state index contributed by atoms with van der Waals surface area (Å²) in [6.07, 6.45) is 0. The highest BCUT2D eigenvalue weighted by Crippen LogP contribution is 2.16. The zero-order chi connectivity index (χ0) is 20.8. The molecule has 1 aromatic heterocycles. The summed E-state index contributed by atoms with van der Waals surface area (Å²) in [4.78, 5) is 9.69. The van der Waals surface area contributed by atoms with Gasteiger partial charge >= 0.3 is 0 Å². The second kappa shape index (κ2) is 9.43. The second-order valence-corrected chi connectivity index (χ2v) is 7.51. The quantitative estimate of drug-likeness (QED) is 0.524. The molecule has 1 saturated heterocycles. The molecule has 0 spiro atoms. The number of piperazine rings is 1. The Hall–Kier alpha value is -3.35. The van der Waals surface area contributed by atoms with Crippen molar-refractivity contribution in [1.82, 2.24) is 25.0 Å². The molecule has 156 valence electrons. The molecule has 0 unspecified atom stereocenters. The minimum atomic E-state index is 0.601. The maximum Gasteiger partial charge on any atom is 0.194 e. The number of aromatic nitrogens is 3. The summed E-state index contributed by atoms with van der Waals surface area (Å²) in [5.74, 6) is 2.74. The van der Waals surface area contributed by atoms with E-state index in [0.717, 1.165) is 43.8 Å². The zero-order valence-corrected chi connectivity index (χ0v) is 17.7. The Morgan fingerprint density at radius 1 is 0.933 bits per heavy atom. The van der Waals surface area contributed by atoms with E-state index in [0.29, 0.717) is 13.1 Å². The van der Waals surface area contributed by atoms with Gasteiger partial charge in [0.25, 0.3) is 0 Å². The highest BCUT2D eigenvalue weighted by atomic mass is 15.4. The lowest BCUT2D eigenvalue weighted by Crippen LogP contribution is -2.52. The number of hydrogen-bond acceptors (Lipinski definition) is 4. The Balaban J connectivity index is 1.45. The molecular formula is C23H29N7. The molecule has 3 aromatic rings. The van der Waals surface area contributed by atoms with Crippen LogP contribution in [0.25, 0.3) is 0 Å². The number of para-hydroxylation sites is 1. The van der Waals surface area contributed by atoms with Crippen LogP contribution in [0.4, 0.5) is 5.69 Å². The summed E-state index contributed by atoms with van der Waals surface area (Å²) in [5, 5.41) is 11.9. The molecule has 7 heteroatoms. The van der Waals surface area contributed by atoms with Gasteiger partial charge in [-0.25, -0.2) is 4.99 Å². The van der Waals surface area contributed by atoms with Crippen LogP contribution in [-0.2, 0) is 20.1 Å². The topological polar surface area (TPSA) is 61.6 Å². The van der Waals surface area contributed by atoms with Gasteiger partial charge in [-0.15, -0.1) is 10.2 Å². The van der Waals surface area contributed by atoms with E-state index in [2.05, 4.69) is 79.9 Å². The van der Waals surface area contributed by atoms with Gasteiger partial charge in [-0.2, -0.15) is 0 Å². The van der Waals surface area contributed by atoms with Crippen molar-refractivity contribution in [2.45, 2.75) is 20.0 Å². The van der Waals surface area contributed by atoms with Crippen LogP contribution < -0.4 is 10.2 Å². The lowest BCUT2D eigenvalue weighted by atomic mass is 10.2. The van der Waals surface area contributed by atoms with Gasteiger partial charge in [0.05, 0.1) is 13.1 Å². The molecule has 30 heavy (non-hydrogen) atoms. The van der Waals surface area contributed by atoms with Crippen molar-refractivity contribution in [2.24, 2.45) is 12.0 Å². The highest BCUT2D eigenvalue weighted by Gasteiger charge is 2.20. The number of anilines is 1. The fourth-order valence-corrected chi connectivity index (χ4v) is 3.60. The maximum atomic E-state index is 4.92. The predicted molar refractivity (Wildman–Crippen MR) is 120 cm³/mol. The molecule has 0 saturated carbocycles. The summed E-state index contributed by atoms with van der Waals surface area (Å²) in [5.41, 5.74) is 2.48. The van der Waals surface area contributed by atoms with E-state index in [4.69, 9.17) is 4.99 Å². The Bertz CT molecular complexity index is 958. The Kier molecular flexibility index (Phi) is 6.27. The van der Waals surface area contributed by atoms with Crippen molar-refractivity contribution in [3.05, 3.63) is 77.9 Å². The van der Waals surface area contributed by atoms with Crippen LogP contribution in [0, 0.1) is 6.92 Å². The monoisotopic (exact) mass is 403 g/mol. The van der Waals surface area contributed by atoms with Crippen molar-refractivity contribution in [2.75, 3.05) is 31.1 Å². The fraction of sp³-hybridized carbons (Fsp3) is 0.348. The summed E-state index contributed by atoms with van der Waals surface area (Å²) < 4.78 is 2.01.